The highest BCUT2D eigenvalue weighted by molar-refractivity contribution is 7.25. The highest BCUT2D eigenvalue weighted by atomic mass is 32.1. The van der Waals surface area contributed by atoms with Crippen molar-refractivity contribution in [3.8, 4) is 39.5 Å². The molecule has 13 rings (SSSR count). The molecular weight excluding hydrogens is 853 g/mol. The average Bonchev–Trinajstić information content (AvgIpc) is 3.99. The molecule has 2 aliphatic heterocycles. The quantitative estimate of drug-likeness (QED) is 0.128. The molecule has 0 saturated heterocycles. The summed E-state index contributed by atoms with van der Waals surface area (Å²) in [4.78, 5) is 0. The van der Waals surface area contributed by atoms with Crippen LogP contribution in [0.15, 0.2) is 169 Å². The van der Waals surface area contributed by atoms with Gasteiger partial charge in [0.25, 0.3) is 0 Å². The van der Waals surface area contributed by atoms with Crippen molar-refractivity contribution in [2.45, 2.75) is 50.9 Å². The lowest BCUT2D eigenvalue weighted by atomic mass is 9.77. The van der Waals surface area contributed by atoms with Crippen LogP contribution in [0.3, 0.4) is 0 Å². The minimum atomic E-state index is -1.67. The van der Waals surface area contributed by atoms with Crippen LogP contribution in [0.25, 0.3) is 98.3 Å². The Morgan fingerprint density at radius 2 is 1.50 bits per heavy atom. The van der Waals surface area contributed by atoms with E-state index in [9.17, 15) is 8.78 Å². The van der Waals surface area contributed by atoms with Crippen LogP contribution in [0.1, 0.15) is 35.9 Å². The van der Waals surface area contributed by atoms with Gasteiger partial charge in [0, 0.05) is 59.7 Å². The van der Waals surface area contributed by atoms with Gasteiger partial charge in [-0.2, -0.15) is 13.7 Å². The first-order valence-electron chi connectivity index (χ1n) is 22.8. The number of furan rings is 1. The Balaban J connectivity index is 1.11. The molecule has 0 saturated carbocycles. The number of imidazole rings is 1. The van der Waals surface area contributed by atoms with Crippen molar-refractivity contribution < 1.29 is 22.3 Å². The molecule has 0 amide bonds. The first-order chi connectivity index (χ1) is 32.1. The van der Waals surface area contributed by atoms with Crippen LogP contribution >= 0.6 is 11.3 Å². The van der Waals surface area contributed by atoms with E-state index in [-0.39, 0.29) is 12.0 Å². The van der Waals surface area contributed by atoms with E-state index < -0.39 is 19.7 Å². The predicted molar refractivity (Wildman–Crippen MR) is 270 cm³/mol. The number of thiophene rings is 1. The van der Waals surface area contributed by atoms with Gasteiger partial charge in [-0.15, -0.1) is 11.3 Å². The number of hydrogen-bond acceptors (Lipinski definition) is 2. The molecule has 0 N–H and O–H groups in total. The van der Waals surface area contributed by atoms with E-state index in [1.807, 2.05) is 29.5 Å². The molecule has 2 atom stereocenters. The zero-order valence-corrected chi connectivity index (χ0v) is 38.7. The maximum Gasteiger partial charge on any atom is 0.304 e. The lowest BCUT2D eigenvalue weighted by Crippen LogP contribution is -2.53. The highest BCUT2D eigenvalue weighted by Crippen LogP contribution is 2.47. The number of rotatable bonds is 3. The number of allylic oxidation sites excluding steroid dienone is 1. The third-order valence-electron chi connectivity index (χ3n) is 14.3. The fourth-order valence-electron chi connectivity index (χ4n) is 11.2. The molecule has 66 heavy (non-hydrogen) atoms. The second-order valence-electron chi connectivity index (χ2n) is 19.2. The lowest BCUT2D eigenvalue weighted by molar-refractivity contribution is -0.719. The smallest absolute Gasteiger partial charge is 0.304 e. The summed E-state index contributed by atoms with van der Waals surface area (Å²) in [5.74, 6) is -0.0144. The second-order valence-corrected chi connectivity index (χ2v) is 25.4. The summed E-state index contributed by atoms with van der Waals surface area (Å²) >= 11 is 1.82. The van der Waals surface area contributed by atoms with Gasteiger partial charge in [-0.25, -0.2) is 8.78 Å². The Hall–Kier alpha value is -7.00. The van der Waals surface area contributed by atoms with E-state index in [1.165, 1.54) is 59.9 Å². The normalized spacial score (nSPS) is 16.1. The number of hydrogen-bond donors (Lipinski definition) is 0. The average molecular weight is 898 g/mol. The van der Waals surface area contributed by atoms with Gasteiger partial charge in [-0.3, -0.25) is 0 Å². The van der Waals surface area contributed by atoms with Crippen molar-refractivity contribution in [3.63, 3.8) is 0 Å². The van der Waals surface area contributed by atoms with E-state index in [4.69, 9.17) is 11.0 Å². The van der Waals surface area contributed by atoms with Crippen molar-refractivity contribution in [2.75, 3.05) is 0 Å². The van der Waals surface area contributed by atoms with E-state index >= 15 is 0 Å². The van der Waals surface area contributed by atoms with Gasteiger partial charge in [0.15, 0.2) is 28.9 Å². The first-order valence-corrected chi connectivity index (χ1v) is 27.1. The van der Waals surface area contributed by atoms with E-state index in [2.05, 4.69) is 155 Å². The summed E-state index contributed by atoms with van der Waals surface area (Å²) in [5.41, 5.74) is 13.0. The van der Waals surface area contributed by atoms with Gasteiger partial charge in [0.2, 0.25) is 5.69 Å². The largest absolute Gasteiger partial charge is 0.455 e. The second kappa shape index (κ2) is 14.5. The molecule has 0 spiro atoms. The number of para-hydroxylation sites is 2. The Labute approximate surface area is 385 Å². The van der Waals surface area contributed by atoms with E-state index in [0.29, 0.717) is 11.1 Å². The SMILES string of the molecule is C=C1CC2C(CCc3ccc4c(oc5ccc(-c6cc(F)cc(F)c6)cc54)c3-c3n(-c4ccc5sc6ccccc6c5c4)c4ccccc4[n+]31)c1ccccc1-c1ccc([Si](C)(C)C)c[n+]12. The van der Waals surface area contributed by atoms with Crippen molar-refractivity contribution >= 4 is 83.4 Å². The summed E-state index contributed by atoms with van der Waals surface area (Å²) in [6.45, 7) is 12.4. The van der Waals surface area contributed by atoms with Crippen LogP contribution in [0.5, 0.6) is 0 Å². The summed E-state index contributed by atoms with van der Waals surface area (Å²) in [5, 5.41) is 5.74. The van der Waals surface area contributed by atoms with Crippen molar-refractivity contribution in [1.29, 1.82) is 0 Å². The number of nitrogens with zero attached hydrogens (tertiary/aromatic N) is 3. The first kappa shape index (κ1) is 39.4. The fourth-order valence-corrected chi connectivity index (χ4v) is 13.4. The minimum Gasteiger partial charge on any atom is -0.455 e. The predicted octanol–water partition coefficient (Wildman–Crippen LogP) is 14.4. The third kappa shape index (κ3) is 5.97. The number of halogens is 2. The summed E-state index contributed by atoms with van der Waals surface area (Å²) < 4.78 is 46.2. The minimum absolute atomic E-state index is 0.122. The van der Waals surface area contributed by atoms with Crippen LogP contribution in [0, 0.1) is 11.6 Å². The maximum absolute atomic E-state index is 14.6. The zero-order valence-electron chi connectivity index (χ0n) is 36.9. The van der Waals surface area contributed by atoms with Gasteiger partial charge in [0.1, 0.15) is 34.2 Å². The van der Waals surface area contributed by atoms with Gasteiger partial charge in [0.05, 0.1) is 14.5 Å². The number of aromatic nitrogens is 3. The monoisotopic (exact) mass is 897 g/mol. The molecule has 6 heterocycles. The molecule has 11 aromatic rings. The fraction of sp³-hybridized carbons (Fsp3) is 0.138. The number of pyridine rings is 1. The molecule has 8 heteroatoms. The number of fused-ring (bicyclic) bond motifs is 18. The molecule has 2 unspecified atom stereocenters. The van der Waals surface area contributed by atoms with Crippen LogP contribution in [-0.2, 0) is 6.42 Å². The van der Waals surface area contributed by atoms with Gasteiger partial charge < -0.3 is 4.42 Å². The van der Waals surface area contributed by atoms with Crippen LogP contribution in [0.2, 0.25) is 19.6 Å². The molecule has 0 fully saturated rings. The molecular formula is C58H45F2N3OSSi+2. The van der Waals surface area contributed by atoms with Crippen LogP contribution in [0.4, 0.5) is 8.78 Å². The Morgan fingerprint density at radius 3 is 2.36 bits per heavy atom. The van der Waals surface area contributed by atoms with E-state index in [0.717, 1.165) is 81.1 Å². The maximum atomic E-state index is 14.6. The number of aryl methyl sites for hydroxylation is 1. The molecule has 2 aliphatic rings. The highest BCUT2D eigenvalue weighted by Gasteiger charge is 2.44. The molecule has 7 aromatic carbocycles. The summed E-state index contributed by atoms with van der Waals surface area (Å²) in [6, 6.07) is 52.1. The topological polar surface area (TPSA) is 25.8 Å². The number of benzene rings is 7. The third-order valence-corrected chi connectivity index (χ3v) is 17.5. The van der Waals surface area contributed by atoms with Crippen LogP contribution in [-0.4, -0.2) is 12.6 Å². The van der Waals surface area contributed by atoms with Crippen molar-refractivity contribution in [2.24, 2.45) is 0 Å². The molecule has 0 aliphatic carbocycles. The summed E-state index contributed by atoms with van der Waals surface area (Å²) in [7, 11) is -1.67. The Morgan fingerprint density at radius 1 is 0.712 bits per heavy atom. The molecule has 0 bridgehead atoms. The molecule has 4 nitrogen and oxygen atoms in total. The Bertz CT molecular complexity index is 3850. The molecule has 4 aromatic heterocycles. The van der Waals surface area contributed by atoms with Crippen molar-refractivity contribution in [3.05, 3.63) is 187 Å². The summed E-state index contributed by atoms with van der Waals surface area (Å²) in [6.07, 6.45) is 4.92. The standard InChI is InChI=1S/C58H45F2N3OSSi/c1-34-27-52-44(42-11-5-6-12-43(42)49-24-21-41(33-61(49)52)66(2,3)4)22-17-35-18-23-46-47-30-36(37-28-38(59)31-39(60)29-37)19-25-53(47)64-57(46)56(35)58-62(34)50-14-8-9-15-51(50)63(58)40-20-26-55-48(32-40)45-13-7-10-16-54(45)65-55/h5-16,18-21,23-26,28-33,44,52H,1,17,22,27H2,2-4H3/q+2. The van der Waals surface area contributed by atoms with Gasteiger partial charge in [-0.1, -0.05) is 99.0 Å². The van der Waals surface area contributed by atoms with Crippen molar-refractivity contribution in [1.82, 2.24) is 4.57 Å². The van der Waals surface area contributed by atoms with E-state index in [1.54, 1.807) is 0 Å². The van der Waals surface area contributed by atoms with Gasteiger partial charge in [-0.05, 0) is 102 Å². The lowest BCUT2D eigenvalue weighted by Gasteiger charge is -2.32. The zero-order chi connectivity index (χ0) is 44.6. The molecule has 0 radical (unpaired) electrons. The van der Waals surface area contributed by atoms with Crippen LogP contribution < -0.4 is 14.3 Å². The Kier molecular flexibility index (Phi) is 8.65. The van der Waals surface area contributed by atoms with Gasteiger partial charge >= 0.3 is 5.82 Å². The molecule has 320 valence electrons.